The number of benzene rings is 2. The molecule has 0 atom stereocenters. The van der Waals surface area contributed by atoms with Crippen molar-refractivity contribution in [2.75, 3.05) is 5.73 Å². The summed E-state index contributed by atoms with van der Waals surface area (Å²) in [5.74, 6) is -0.101. The molecule has 0 saturated heterocycles. The lowest BCUT2D eigenvalue weighted by Crippen LogP contribution is -2.06. The first-order valence-electron chi connectivity index (χ1n) is 9.47. The highest BCUT2D eigenvalue weighted by Crippen LogP contribution is 2.35. The summed E-state index contributed by atoms with van der Waals surface area (Å²) >= 11 is 6.04. The number of nitrogen functional groups attached to an aromatic ring is 1. The van der Waals surface area contributed by atoms with E-state index in [0.29, 0.717) is 21.6 Å². The minimum atomic E-state index is -4.07. The predicted octanol–water partition coefficient (Wildman–Crippen LogP) is 3.93. The molecule has 0 fully saturated rings. The molecule has 2 aromatic carbocycles. The van der Waals surface area contributed by atoms with Crippen LogP contribution >= 0.6 is 11.6 Å². The zero-order chi connectivity index (χ0) is 22.3. The molecular formula is C22H15ClN6O2S. The minimum Gasteiger partial charge on any atom is -0.382 e. The van der Waals surface area contributed by atoms with Crippen LogP contribution in [-0.2, 0) is 9.84 Å². The summed E-state index contributed by atoms with van der Waals surface area (Å²) in [5.41, 5.74) is 8.53. The predicted molar refractivity (Wildman–Crippen MR) is 124 cm³/mol. The Morgan fingerprint density at radius 3 is 2.50 bits per heavy atom. The van der Waals surface area contributed by atoms with Crippen LogP contribution in [0.15, 0.2) is 87.9 Å². The minimum absolute atomic E-state index is 0.00180. The Hall–Kier alpha value is -3.82. The summed E-state index contributed by atoms with van der Waals surface area (Å²) in [5, 5.41) is 4.68. The van der Waals surface area contributed by atoms with Crippen molar-refractivity contribution in [1.29, 1.82) is 0 Å². The largest absolute Gasteiger partial charge is 0.382 e. The average molecular weight is 463 g/mol. The van der Waals surface area contributed by atoms with E-state index < -0.39 is 9.84 Å². The second-order valence-corrected chi connectivity index (χ2v) is 9.23. The van der Waals surface area contributed by atoms with Crippen molar-refractivity contribution in [1.82, 2.24) is 19.6 Å². The highest BCUT2D eigenvalue weighted by Gasteiger charge is 2.30. The van der Waals surface area contributed by atoms with Gasteiger partial charge in [-0.05, 0) is 36.4 Å². The third kappa shape index (κ3) is 3.37. The number of hydrogen-bond acceptors (Lipinski definition) is 7. The Morgan fingerprint density at radius 2 is 1.78 bits per heavy atom. The van der Waals surface area contributed by atoms with E-state index in [0.717, 1.165) is 0 Å². The number of fused-ring (bicyclic) bond motifs is 2. The van der Waals surface area contributed by atoms with E-state index in [2.05, 4.69) is 20.1 Å². The molecule has 5 aromatic rings. The highest BCUT2D eigenvalue weighted by atomic mass is 35.5. The van der Waals surface area contributed by atoms with Gasteiger partial charge in [0.2, 0.25) is 9.84 Å². The molecule has 0 aliphatic heterocycles. The zero-order valence-electron chi connectivity index (χ0n) is 16.4. The highest BCUT2D eigenvalue weighted by molar-refractivity contribution is 7.92. The van der Waals surface area contributed by atoms with Crippen LogP contribution in [0.2, 0.25) is 5.02 Å². The molecular weight excluding hydrogens is 448 g/mol. The van der Waals surface area contributed by atoms with E-state index in [9.17, 15) is 8.42 Å². The molecule has 3 aromatic heterocycles. The number of rotatable bonds is 4. The molecule has 8 nitrogen and oxygen atoms in total. The summed E-state index contributed by atoms with van der Waals surface area (Å²) in [7, 11) is -4.07. The first kappa shape index (κ1) is 20.1. The number of pyridine rings is 1. The van der Waals surface area contributed by atoms with Crippen LogP contribution in [0.1, 0.15) is 5.56 Å². The van der Waals surface area contributed by atoms with Gasteiger partial charge in [-0.15, -0.1) is 0 Å². The molecule has 2 N–H and O–H groups in total. The second-order valence-electron chi connectivity index (χ2n) is 6.90. The maximum Gasteiger partial charge on any atom is 0.212 e. The molecule has 0 unspecified atom stereocenters. The van der Waals surface area contributed by atoms with Crippen molar-refractivity contribution >= 4 is 55.7 Å². The number of hydrogen-bond donors (Lipinski definition) is 1. The Labute approximate surface area is 187 Å². The van der Waals surface area contributed by atoms with Gasteiger partial charge >= 0.3 is 0 Å². The fourth-order valence-corrected chi connectivity index (χ4v) is 5.12. The first-order valence-corrected chi connectivity index (χ1v) is 11.3. The molecule has 3 heterocycles. The molecule has 0 radical (unpaired) electrons. The summed E-state index contributed by atoms with van der Waals surface area (Å²) in [6.45, 7) is 0. The lowest BCUT2D eigenvalue weighted by Gasteiger charge is -2.05. The van der Waals surface area contributed by atoms with Crippen molar-refractivity contribution in [3.8, 4) is 0 Å². The van der Waals surface area contributed by atoms with Crippen LogP contribution in [0.5, 0.6) is 0 Å². The van der Waals surface area contributed by atoms with Gasteiger partial charge in [0.1, 0.15) is 16.2 Å². The van der Waals surface area contributed by atoms with Crippen molar-refractivity contribution in [3.63, 3.8) is 0 Å². The van der Waals surface area contributed by atoms with Crippen LogP contribution in [0.25, 0.3) is 22.2 Å². The number of halogens is 1. The quantitative estimate of drug-likeness (QED) is 0.404. The van der Waals surface area contributed by atoms with E-state index in [1.807, 2.05) is 12.1 Å². The number of anilines is 1. The fourth-order valence-electron chi connectivity index (χ4n) is 3.33. The van der Waals surface area contributed by atoms with Crippen LogP contribution in [0.3, 0.4) is 0 Å². The van der Waals surface area contributed by atoms with E-state index in [-0.39, 0.29) is 26.8 Å². The Balaban J connectivity index is 1.82. The molecule has 0 spiro atoms. The van der Waals surface area contributed by atoms with Gasteiger partial charge < -0.3 is 5.73 Å². The lowest BCUT2D eigenvalue weighted by atomic mass is 10.3. The van der Waals surface area contributed by atoms with Gasteiger partial charge in [-0.3, -0.25) is 4.98 Å². The summed E-state index contributed by atoms with van der Waals surface area (Å²) in [6.07, 6.45) is 4.79. The molecule has 0 bridgehead atoms. The van der Waals surface area contributed by atoms with E-state index in [1.165, 1.54) is 23.0 Å². The summed E-state index contributed by atoms with van der Waals surface area (Å²) in [6, 6.07) is 16.7. The Morgan fingerprint density at radius 1 is 1.00 bits per heavy atom. The average Bonchev–Trinajstić information content (AvgIpc) is 3.07. The van der Waals surface area contributed by atoms with Crippen LogP contribution in [-0.4, -0.2) is 34.3 Å². The zero-order valence-corrected chi connectivity index (χ0v) is 18.0. The Bertz CT molecular complexity index is 1610. The topological polar surface area (TPSA) is 116 Å². The molecule has 158 valence electrons. The second kappa shape index (κ2) is 7.70. The molecule has 10 heteroatoms. The van der Waals surface area contributed by atoms with E-state index in [4.69, 9.17) is 17.3 Å². The third-order valence-corrected chi connectivity index (χ3v) is 6.86. The number of nitrogens with two attached hydrogens (primary N) is 1. The molecule has 0 aliphatic rings. The van der Waals surface area contributed by atoms with E-state index >= 15 is 0 Å². The van der Waals surface area contributed by atoms with Crippen LogP contribution in [0.4, 0.5) is 5.82 Å². The number of sulfone groups is 1. The fraction of sp³-hybridized carbons (Fsp3) is 0. The lowest BCUT2D eigenvalue weighted by molar-refractivity contribution is 0.597. The molecule has 0 aliphatic carbocycles. The number of nitrogens with zero attached hydrogens (tertiary/aromatic N) is 5. The SMILES string of the molecule is Nc1c(S(=O)(=O)c2cccc(Cl)c2)c2nc3ccccc3nc2n1/N=C\c1cccnc1. The van der Waals surface area contributed by atoms with Gasteiger partial charge in [0.25, 0.3) is 0 Å². The standard InChI is InChI=1S/C22H15ClN6O2S/c23-15-6-3-7-16(11-15)32(30,31)20-19-22(28-18-9-2-1-8-17(18)27-19)29(21(20)24)26-13-14-5-4-10-25-12-14/h1-13H,24H2/b26-13-. The normalized spacial score (nSPS) is 12.2. The van der Waals surface area contributed by atoms with Gasteiger partial charge in [-0.2, -0.15) is 9.78 Å². The molecule has 32 heavy (non-hydrogen) atoms. The third-order valence-electron chi connectivity index (χ3n) is 4.81. The number of aromatic nitrogens is 4. The van der Waals surface area contributed by atoms with Crippen molar-refractivity contribution in [2.45, 2.75) is 9.79 Å². The van der Waals surface area contributed by atoms with Gasteiger partial charge in [0.15, 0.2) is 5.65 Å². The summed E-state index contributed by atoms with van der Waals surface area (Å²) in [4.78, 5) is 13.0. The molecule has 0 amide bonds. The van der Waals surface area contributed by atoms with Crippen molar-refractivity contribution in [2.24, 2.45) is 5.10 Å². The van der Waals surface area contributed by atoms with Crippen LogP contribution < -0.4 is 5.73 Å². The smallest absolute Gasteiger partial charge is 0.212 e. The van der Waals surface area contributed by atoms with Gasteiger partial charge in [-0.25, -0.2) is 18.4 Å². The number of para-hydroxylation sites is 2. The maximum absolute atomic E-state index is 13.6. The maximum atomic E-state index is 13.6. The van der Waals surface area contributed by atoms with Crippen molar-refractivity contribution in [3.05, 3.63) is 83.6 Å². The molecule has 5 rings (SSSR count). The van der Waals surface area contributed by atoms with Crippen molar-refractivity contribution < 1.29 is 8.42 Å². The summed E-state index contributed by atoms with van der Waals surface area (Å²) < 4.78 is 28.4. The van der Waals surface area contributed by atoms with E-state index in [1.54, 1.807) is 48.8 Å². The Kier molecular flexibility index (Phi) is 4.84. The van der Waals surface area contributed by atoms with Gasteiger partial charge in [-0.1, -0.05) is 35.9 Å². The van der Waals surface area contributed by atoms with Gasteiger partial charge in [0.05, 0.1) is 22.1 Å². The molecule has 0 saturated carbocycles. The van der Waals surface area contributed by atoms with Gasteiger partial charge in [0, 0.05) is 23.0 Å². The van der Waals surface area contributed by atoms with Crippen LogP contribution in [0, 0.1) is 0 Å². The monoisotopic (exact) mass is 462 g/mol. The first-order chi connectivity index (χ1) is 15.4.